The van der Waals surface area contributed by atoms with Gasteiger partial charge in [0.05, 0.1) is 34.2 Å². The van der Waals surface area contributed by atoms with E-state index >= 15 is 0 Å². The zero-order valence-electron chi connectivity index (χ0n) is 20.9. The summed E-state index contributed by atoms with van der Waals surface area (Å²) in [4.78, 5) is 14.2. The summed E-state index contributed by atoms with van der Waals surface area (Å²) in [5, 5.41) is 11.7. The van der Waals surface area contributed by atoms with E-state index in [1.54, 1.807) is 7.11 Å². The van der Waals surface area contributed by atoms with Crippen LogP contribution in [0.25, 0.3) is 49.7 Å². The van der Waals surface area contributed by atoms with Crippen LogP contribution in [-0.4, -0.2) is 26.6 Å². The first kappa shape index (κ1) is 22.8. The summed E-state index contributed by atoms with van der Waals surface area (Å²) in [6, 6.07) is 27.1. The van der Waals surface area contributed by atoms with Crippen molar-refractivity contribution in [2.75, 3.05) is 7.11 Å². The molecule has 3 aromatic heterocycles. The topological polar surface area (TPSA) is 76.6 Å². The Kier molecular flexibility index (Phi) is 5.44. The largest absolute Gasteiger partial charge is 0.377 e. The summed E-state index contributed by atoms with van der Waals surface area (Å²) in [6.45, 7) is 4.20. The number of aromatic nitrogens is 4. The number of fused-ring (bicyclic) bond motifs is 4. The van der Waals surface area contributed by atoms with Crippen molar-refractivity contribution in [3.63, 3.8) is 0 Å². The van der Waals surface area contributed by atoms with E-state index in [0.717, 1.165) is 61.0 Å². The van der Waals surface area contributed by atoms with Crippen LogP contribution in [0.15, 0.2) is 85.2 Å². The summed E-state index contributed by atoms with van der Waals surface area (Å²) in [5.74, 6) is 0.789. The van der Waals surface area contributed by atoms with Crippen LogP contribution in [0, 0.1) is 11.3 Å². The zero-order valence-corrected chi connectivity index (χ0v) is 20.9. The van der Waals surface area contributed by atoms with Crippen molar-refractivity contribution in [3.05, 3.63) is 96.6 Å². The summed E-state index contributed by atoms with van der Waals surface area (Å²) in [7, 11) is 1.67. The van der Waals surface area contributed by atoms with Crippen LogP contribution in [0.4, 0.5) is 0 Å². The quantitative estimate of drug-likeness (QED) is 0.271. The number of hydrogen-bond acceptors (Lipinski definition) is 5. The van der Waals surface area contributed by atoms with Crippen molar-refractivity contribution >= 4 is 32.8 Å². The molecule has 3 heterocycles. The summed E-state index contributed by atoms with van der Waals surface area (Å²) >= 11 is 0. The van der Waals surface area contributed by atoms with Crippen molar-refractivity contribution in [1.29, 1.82) is 5.26 Å². The zero-order chi connectivity index (χ0) is 25.6. The first-order valence-corrected chi connectivity index (χ1v) is 12.1. The molecule has 0 unspecified atom stereocenters. The molecule has 6 nitrogen and oxygen atoms in total. The SMILES string of the molecule is COCc1nc2cnc3ccc(-c4cnc5ccccc5c4)cc3c2n1-c1ccc(C(C)(C)C#N)cc1. The average Bonchev–Trinajstić information content (AvgIpc) is 3.31. The fourth-order valence-corrected chi connectivity index (χ4v) is 4.81. The Morgan fingerprint density at radius 2 is 1.65 bits per heavy atom. The van der Waals surface area contributed by atoms with Gasteiger partial charge in [0.25, 0.3) is 0 Å². The number of hydrogen-bond donors (Lipinski definition) is 0. The van der Waals surface area contributed by atoms with E-state index in [2.05, 4.69) is 39.9 Å². The van der Waals surface area contributed by atoms with Crippen molar-refractivity contribution in [2.45, 2.75) is 25.9 Å². The molecule has 0 bridgehead atoms. The van der Waals surface area contributed by atoms with Crippen molar-refractivity contribution < 1.29 is 4.74 Å². The standard InChI is InChI=1S/C31H25N5O/c1-31(2,19-32)23-9-11-24(12-10-23)36-29(18-37-3)35-28-17-34-27-13-8-20(15-25(27)30(28)36)22-14-21-6-4-5-7-26(21)33-16-22/h4-17H,18H2,1-3H3. The van der Waals surface area contributed by atoms with Crippen LogP contribution in [-0.2, 0) is 16.8 Å². The maximum absolute atomic E-state index is 9.56. The van der Waals surface area contributed by atoms with Gasteiger partial charge in [-0.25, -0.2) is 4.98 Å². The molecule has 3 aromatic carbocycles. The summed E-state index contributed by atoms with van der Waals surface area (Å²) < 4.78 is 7.64. The van der Waals surface area contributed by atoms with Gasteiger partial charge in [0.1, 0.15) is 17.9 Å². The maximum Gasteiger partial charge on any atom is 0.140 e. The highest BCUT2D eigenvalue weighted by Gasteiger charge is 2.21. The van der Waals surface area contributed by atoms with E-state index < -0.39 is 5.41 Å². The molecule has 0 atom stereocenters. The lowest BCUT2D eigenvalue weighted by molar-refractivity contribution is 0.177. The van der Waals surface area contributed by atoms with Crippen LogP contribution in [0.1, 0.15) is 25.2 Å². The van der Waals surface area contributed by atoms with Gasteiger partial charge in [-0.05, 0) is 61.4 Å². The van der Waals surface area contributed by atoms with Crippen LogP contribution >= 0.6 is 0 Å². The van der Waals surface area contributed by atoms with Crippen LogP contribution in [0.2, 0.25) is 0 Å². The monoisotopic (exact) mass is 483 g/mol. The summed E-state index contributed by atoms with van der Waals surface area (Å²) in [5.41, 5.74) is 7.10. The molecule has 0 N–H and O–H groups in total. The smallest absolute Gasteiger partial charge is 0.140 e. The third-order valence-corrected chi connectivity index (χ3v) is 6.88. The van der Waals surface area contributed by atoms with Gasteiger partial charge < -0.3 is 4.74 Å². The van der Waals surface area contributed by atoms with Gasteiger partial charge in [-0.3, -0.25) is 14.5 Å². The Bertz CT molecular complexity index is 1830. The lowest BCUT2D eigenvalue weighted by Crippen LogP contribution is -2.13. The van der Waals surface area contributed by atoms with Crippen molar-refractivity contribution in [2.24, 2.45) is 0 Å². The Balaban J connectivity index is 1.57. The fraction of sp³-hybridized carbons (Fsp3) is 0.161. The van der Waals surface area contributed by atoms with Gasteiger partial charge >= 0.3 is 0 Å². The second-order valence-corrected chi connectivity index (χ2v) is 9.72. The minimum atomic E-state index is -0.565. The molecular weight excluding hydrogens is 458 g/mol. The Morgan fingerprint density at radius 1 is 0.865 bits per heavy atom. The van der Waals surface area contributed by atoms with Gasteiger partial charge in [0, 0.05) is 35.3 Å². The predicted molar refractivity (Wildman–Crippen MR) is 146 cm³/mol. The van der Waals surface area contributed by atoms with Crippen LogP contribution in [0.5, 0.6) is 0 Å². The summed E-state index contributed by atoms with van der Waals surface area (Å²) in [6.07, 6.45) is 3.73. The van der Waals surface area contributed by atoms with E-state index in [1.165, 1.54) is 0 Å². The average molecular weight is 484 g/mol. The molecule has 0 saturated heterocycles. The number of ether oxygens (including phenoxy) is 1. The van der Waals surface area contributed by atoms with Crippen LogP contribution in [0.3, 0.4) is 0 Å². The number of pyridine rings is 2. The number of nitriles is 1. The Morgan fingerprint density at radius 3 is 2.43 bits per heavy atom. The molecule has 0 amide bonds. The first-order valence-electron chi connectivity index (χ1n) is 12.1. The maximum atomic E-state index is 9.56. The number of nitrogens with zero attached hydrogens (tertiary/aromatic N) is 5. The highest BCUT2D eigenvalue weighted by molar-refractivity contribution is 6.05. The molecule has 0 aliphatic carbocycles. The minimum absolute atomic E-state index is 0.357. The third-order valence-electron chi connectivity index (χ3n) is 6.88. The lowest BCUT2D eigenvalue weighted by atomic mass is 9.86. The molecule has 0 fully saturated rings. The Labute approximate surface area is 214 Å². The van der Waals surface area contributed by atoms with E-state index in [0.29, 0.717) is 6.61 Å². The molecule has 6 aromatic rings. The first-order chi connectivity index (χ1) is 18.0. The normalized spacial score (nSPS) is 11.8. The van der Waals surface area contributed by atoms with E-state index in [-0.39, 0.29) is 0 Å². The molecular formula is C31H25N5O. The second kappa shape index (κ2) is 8.81. The van der Waals surface area contributed by atoms with Gasteiger partial charge in [-0.1, -0.05) is 36.4 Å². The Hall–Kier alpha value is -4.60. The minimum Gasteiger partial charge on any atom is -0.377 e. The molecule has 0 aliphatic heterocycles. The van der Waals surface area contributed by atoms with E-state index in [1.807, 2.05) is 74.8 Å². The van der Waals surface area contributed by atoms with Gasteiger partial charge in [-0.2, -0.15) is 5.26 Å². The van der Waals surface area contributed by atoms with Crippen LogP contribution < -0.4 is 0 Å². The van der Waals surface area contributed by atoms with Gasteiger partial charge in [-0.15, -0.1) is 0 Å². The molecule has 0 spiro atoms. The molecule has 6 heteroatoms. The van der Waals surface area contributed by atoms with E-state index in [9.17, 15) is 5.26 Å². The third kappa shape index (κ3) is 3.90. The van der Waals surface area contributed by atoms with Crippen molar-refractivity contribution in [3.8, 4) is 22.9 Å². The van der Waals surface area contributed by atoms with Crippen molar-refractivity contribution in [1.82, 2.24) is 19.5 Å². The van der Waals surface area contributed by atoms with Gasteiger partial charge in [0.15, 0.2) is 0 Å². The predicted octanol–water partition coefficient (Wildman–Crippen LogP) is 6.74. The number of imidazole rings is 1. The molecule has 0 saturated carbocycles. The lowest BCUT2D eigenvalue weighted by Gasteiger charge is -2.17. The van der Waals surface area contributed by atoms with E-state index in [4.69, 9.17) is 14.7 Å². The molecule has 6 rings (SSSR count). The molecule has 0 aliphatic rings. The second-order valence-electron chi connectivity index (χ2n) is 9.72. The number of para-hydroxylation sites is 1. The van der Waals surface area contributed by atoms with Gasteiger partial charge in [0.2, 0.25) is 0 Å². The molecule has 0 radical (unpaired) electrons. The number of methoxy groups -OCH3 is 1. The molecule has 180 valence electrons. The number of rotatable bonds is 5. The molecule has 37 heavy (non-hydrogen) atoms. The fourth-order valence-electron chi connectivity index (χ4n) is 4.81. The highest BCUT2D eigenvalue weighted by Crippen LogP contribution is 2.33. The highest BCUT2D eigenvalue weighted by atomic mass is 16.5. The number of benzene rings is 3.